The molecule has 11 heteroatoms. The van der Waals surface area contributed by atoms with Crippen LogP contribution in [0.2, 0.25) is 0 Å². The second-order valence-corrected chi connectivity index (χ2v) is 12.0. The third-order valence-electron chi connectivity index (χ3n) is 7.29. The van der Waals surface area contributed by atoms with Gasteiger partial charge in [-0.1, -0.05) is 41.6 Å². The predicted octanol–water partition coefficient (Wildman–Crippen LogP) is 5.99. The first-order valence-electron chi connectivity index (χ1n) is 14.7. The molecule has 2 amide bonds. The summed E-state index contributed by atoms with van der Waals surface area (Å²) in [5, 5.41) is 3.53. The van der Waals surface area contributed by atoms with Gasteiger partial charge < -0.3 is 29.3 Å². The minimum atomic E-state index is -1.07. The van der Waals surface area contributed by atoms with Crippen LogP contribution >= 0.6 is 11.8 Å². The van der Waals surface area contributed by atoms with Gasteiger partial charge in [0.15, 0.2) is 16.7 Å². The highest BCUT2D eigenvalue weighted by Gasteiger charge is 2.34. The van der Waals surface area contributed by atoms with Gasteiger partial charge in [0.1, 0.15) is 6.04 Å². The van der Waals surface area contributed by atoms with Gasteiger partial charge in [-0.05, 0) is 74.4 Å². The summed E-state index contributed by atoms with van der Waals surface area (Å²) in [5.41, 5.74) is 5.65. The lowest BCUT2D eigenvalue weighted by Gasteiger charge is -2.32. The monoisotopic (exact) mass is 643 g/mol. The quantitative estimate of drug-likeness (QED) is 0.139. The number of hydrogen-bond donors (Lipinski definition) is 1. The third kappa shape index (κ3) is 8.48. The summed E-state index contributed by atoms with van der Waals surface area (Å²) in [5.74, 6) is 0.452. The number of benzene rings is 3. The van der Waals surface area contributed by atoms with Gasteiger partial charge in [0, 0.05) is 43.4 Å². The Labute approximate surface area is 275 Å². The smallest absolute Gasteiger partial charge is 0.251 e. The van der Waals surface area contributed by atoms with Crippen LogP contribution in [-0.2, 0) is 16.1 Å². The number of thioether (sulfide) groups is 1. The number of nitrogens with one attached hydrogen (secondary N) is 1. The highest BCUT2D eigenvalue weighted by atomic mass is 32.2. The van der Waals surface area contributed by atoms with E-state index in [1.807, 2.05) is 94.4 Å². The first-order chi connectivity index (χ1) is 22.0. The lowest BCUT2D eigenvalue weighted by molar-refractivity contribution is -0.137. The zero-order valence-corrected chi connectivity index (χ0v) is 28.4. The average Bonchev–Trinajstić information content (AvgIpc) is 3.03. The van der Waals surface area contributed by atoms with E-state index in [9.17, 15) is 9.59 Å². The molecule has 4 rings (SSSR count). The highest BCUT2D eigenvalue weighted by Crippen LogP contribution is 2.41. The van der Waals surface area contributed by atoms with Crippen LogP contribution in [0, 0.1) is 20.8 Å². The number of carbonyl (C=O) groups excluding carboxylic acids is 2. The molecule has 0 bridgehead atoms. The number of amides is 2. The number of hydrogen-bond acceptors (Lipinski definition) is 9. The second kappa shape index (κ2) is 15.5. The lowest BCUT2D eigenvalue weighted by atomic mass is 10.0. The van der Waals surface area contributed by atoms with E-state index in [0.717, 1.165) is 28.2 Å². The Morgan fingerprint density at radius 2 is 1.41 bits per heavy atom. The summed E-state index contributed by atoms with van der Waals surface area (Å²) >= 11 is 1.23. The number of anilines is 2. The summed E-state index contributed by atoms with van der Waals surface area (Å²) in [7, 11) is 8.44. The molecule has 0 aliphatic rings. The number of aryl methyl sites for hydroxylation is 3. The van der Waals surface area contributed by atoms with Crippen LogP contribution in [0.5, 0.6) is 17.2 Å². The van der Waals surface area contributed by atoms with Crippen LogP contribution < -0.4 is 24.4 Å². The van der Waals surface area contributed by atoms with Crippen molar-refractivity contribution in [2.24, 2.45) is 0 Å². The van der Waals surface area contributed by atoms with E-state index in [2.05, 4.69) is 15.3 Å². The maximum atomic E-state index is 14.4. The Morgan fingerprint density at radius 3 is 1.93 bits per heavy atom. The van der Waals surface area contributed by atoms with Crippen molar-refractivity contribution >= 4 is 35.0 Å². The Bertz CT molecular complexity index is 1620. The van der Waals surface area contributed by atoms with Gasteiger partial charge in [-0.15, -0.1) is 0 Å². The van der Waals surface area contributed by atoms with Crippen molar-refractivity contribution in [3.05, 3.63) is 94.8 Å². The Hall–Kier alpha value is -4.77. The SMILES string of the molecule is COc1cc(C(C(=O)Nc2ccc(N(C)C)cc2)N(Cc2ccc(C)cc2)C(=O)CSc2nc(C)cc(C)n2)cc(OC)c1OC. The van der Waals surface area contributed by atoms with E-state index in [0.29, 0.717) is 33.7 Å². The maximum Gasteiger partial charge on any atom is 0.251 e. The van der Waals surface area contributed by atoms with Crippen LogP contribution in [0.3, 0.4) is 0 Å². The van der Waals surface area contributed by atoms with Crippen molar-refractivity contribution in [1.82, 2.24) is 14.9 Å². The molecule has 0 aliphatic carbocycles. The molecule has 46 heavy (non-hydrogen) atoms. The van der Waals surface area contributed by atoms with Crippen LogP contribution in [0.4, 0.5) is 11.4 Å². The molecule has 0 fully saturated rings. The zero-order chi connectivity index (χ0) is 33.4. The molecular formula is C35H41N5O5S. The van der Waals surface area contributed by atoms with E-state index in [4.69, 9.17) is 14.2 Å². The van der Waals surface area contributed by atoms with E-state index >= 15 is 0 Å². The molecule has 242 valence electrons. The van der Waals surface area contributed by atoms with Gasteiger partial charge in [0.2, 0.25) is 11.7 Å². The Kier molecular flexibility index (Phi) is 11.5. The molecule has 4 aromatic rings. The number of nitrogens with zero attached hydrogens (tertiary/aromatic N) is 4. The van der Waals surface area contributed by atoms with Gasteiger partial charge in [0.05, 0.1) is 27.1 Å². The molecule has 0 aliphatic heterocycles. The van der Waals surface area contributed by atoms with Crippen LogP contribution in [0.25, 0.3) is 0 Å². The molecule has 0 saturated carbocycles. The molecule has 0 radical (unpaired) electrons. The summed E-state index contributed by atoms with van der Waals surface area (Å²) < 4.78 is 16.8. The molecular weight excluding hydrogens is 602 g/mol. The van der Waals surface area contributed by atoms with Gasteiger partial charge in [0.25, 0.3) is 5.91 Å². The summed E-state index contributed by atoms with van der Waals surface area (Å²) in [6.07, 6.45) is 0. The van der Waals surface area contributed by atoms with Crippen molar-refractivity contribution in [2.45, 2.75) is 38.5 Å². The molecule has 0 saturated heterocycles. The lowest BCUT2D eigenvalue weighted by Crippen LogP contribution is -2.42. The molecule has 1 heterocycles. The topological polar surface area (TPSA) is 106 Å². The fraction of sp³-hybridized carbons (Fsp3) is 0.314. The largest absolute Gasteiger partial charge is 0.493 e. The standard InChI is InChI=1S/C35H41N5O5S/c1-22-9-11-25(12-10-22)20-40(31(41)21-46-35-36-23(2)17-24(3)37-35)32(26-18-29(43-6)33(45-8)30(19-26)44-7)34(42)38-27-13-15-28(16-14-27)39(4)5/h9-19,32H,20-21H2,1-8H3,(H,38,42). The Balaban J connectivity index is 1.81. The van der Waals surface area contributed by atoms with Crippen LogP contribution in [0.15, 0.2) is 71.9 Å². The number of ether oxygens (including phenoxy) is 3. The first-order valence-corrected chi connectivity index (χ1v) is 15.7. The molecule has 1 N–H and O–H groups in total. The molecule has 1 atom stereocenters. The number of rotatable bonds is 13. The van der Waals surface area contributed by atoms with Crippen LogP contribution in [-0.4, -0.2) is 67.9 Å². The van der Waals surface area contributed by atoms with E-state index in [-0.39, 0.29) is 18.2 Å². The molecule has 3 aromatic carbocycles. The van der Waals surface area contributed by atoms with Gasteiger partial charge in [-0.25, -0.2) is 9.97 Å². The van der Waals surface area contributed by atoms with Crippen molar-refractivity contribution in [3.63, 3.8) is 0 Å². The average molecular weight is 644 g/mol. The predicted molar refractivity (Wildman–Crippen MR) is 182 cm³/mol. The number of carbonyl (C=O) groups is 2. The van der Waals surface area contributed by atoms with Gasteiger partial charge in [-0.2, -0.15) is 0 Å². The molecule has 0 spiro atoms. The summed E-state index contributed by atoms with van der Waals surface area (Å²) in [4.78, 5) is 41.2. The normalized spacial score (nSPS) is 11.4. The summed E-state index contributed by atoms with van der Waals surface area (Å²) in [6.45, 7) is 5.95. The third-order valence-corrected chi connectivity index (χ3v) is 8.13. The first kappa shape index (κ1) is 34.1. The van der Waals surface area contributed by atoms with Crippen molar-refractivity contribution in [2.75, 3.05) is 51.4 Å². The van der Waals surface area contributed by atoms with Gasteiger partial charge >= 0.3 is 0 Å². The van der Waals surface area contributed by atoms with Crippen LogP contribution in [0.1, 0.15) is 34.1 Å². The zero-order valence-electron chi connectivity index (χ0n) is 27.6. The molecule has 10 nitrogen and oxygen atoms in total. The number of methoxy groups -OCH3 is 3. The van der Waals surface area contributed by atoms with E-state index in [1.54, 1.807) is 17.0 Å². The van der Waals surface area contributed by atoms with E-state index in [1.165, 1.54) is 33.1 Å². The maximum absolute atomic E-state index is 14.4. The fourth-order valence-electron chi connectivity index (χ4n) is 4.97. The van der Waals surface area contributed by atoms with Crippen molar-refractivity contribution in [1.29, 1.82) is 0 Å². The fourth-order valence-corrected chi connectivity index (χ4v) is 5.80. The number of aromatic nitrogens is 2. The van der Waals surface area contributed by atoms with Crippen molar-refractivity contribution < 1.29 is 23.8 Å². The van der Waals surface area contributed by atoms with Gasteiger partial charge in [-0.3, -0.25) is 9.59 Å². The van der Waals surface area contributed by atoms with Crippen molar-refractivity contribution in [3.8, 4) is 17.2 Å². The summed E-state index contributed by atoms with van der Waals surface area (Å²) in [6, 6.07) is 19.6. The van der Waals surface area contributed by atoms with E-state index < -0.39 is 11.9 Å². The highest BCUT2D eigenvalue weighted by molar-refractivity contribution is 7.99. The molecule has 1 aromatic heterocycles. The Morgan fingerprint density at radius 1 is 0.826 bits per heavy atom. The second-order valence-electron chi connectivity index (χ2n) is 11.0. The minimum Gasteiger partial charge on any atom is -0.493 e. The minimum absolute atomic E-state index is 0.0144. The molecule has 1 unspecified atom stereocenters.